The van der Waals surface area contributed by atoms with Gasteiger partial charge >= 0.3 is 0 Å². The average Bonchev–Trinajstić information content (AvgIpc) is 2.43. The second-order valence-corrected chi connectivity index (χ2v) is 4.85. The van der Waals surface area contributed by atoms with E-state index in [4.69, 9.17) is 10.5 Å². The largest absolute Gasteiger partial charge is 0.438 e. The summed E-state index contributed by atoms with van der Waals surface area (Å²) >= 11 is 3.33. The summed E-state index contributed by atoms with van der Waals surface area (Å²) in [4.78, 5) is 7.92. The van der Waals surface area contributed by atoms with Crippen molar-refractivity contribution in [1.29, 1.82) is 0 Å². The standard InChI is InChI=1S/C14H10BrN3O/c15-12-8-17-14(16)18-13(12)19-11-6-5-9-3-1-2-4-10(9)7-11/h1-8H,(H2,16,17,18). The number of rotatable bonds is 2. The van der Waals surface area contributed by atoms with Crippen LogP contribution in [0, 0.1) is 0 Å². The van der Waals surface area contributed by atoms with Crippen molar-refractivity contribution in [3.63, 3.8) is 0 Å². The van der Waals surface area contributed by atoms with Crippen LogP contribution < -0.4 is 10.5 Å². The van der Waals surface area contributed by atoms with Crippen molar-refractivity contribution in [2.24, 2.45) is 0 Å². The monoisotopic (exact) mass is 315 g/mol. The molecule has 0 aliphatic carbocycles. The summed E-state index contributed by atoms with van der Waals surface area (Å²) in [5.41, 5.74) is 5.55. The third-order valence-electron chi connectivity index (χ3n) is 2.67. The molecule has 19 heavy (non-hydrogen) atoms. The first-order valence-corrected chi connectivity index (χ1v) is 6.46. The number of fused-ring (bicyclic) bond motifs is 1. The van der Waals surface area contributed by atoms with Gasteiger partial charge < -0.3 is 10.5 Å². The number of hydrogen-bond acceptors (Lipinski definition) is 4. The van der Waals surface area contributed by atoms with Crippen molar-refractivity contribution >= 4 is 32.7 Å². The summed E-state index contributed by atoms with van der Waals surface area (Å²) in [6.45, 7) is 0. The molecule has 2 aromatic carbocycles. The molecule has 0 saturated carbocycles. The van der Waals surface area contributed by atoms with Crippen molar-refractivity contribution in [1.82, 2.24) is 9.97 Å². The number of hydrogen-bond donors (Lipinski definition) is 1. The van der Waals surface area contributed by atoms with Crippen molar-refractivity contribution in [3.8, 4) is 11.6 Å². The number of anilines is 1. The Balaban J connectivity index is 1.98. The minimum atomic E-state index is 0.180. The average molecular weight is 316 g/mol. The highest BCUT2D eigenvalue weighted by molar-refractivity contribution is 9.10. The SMILES string of the molecule is Nc1ncc(Br)c(Oc2ccc3ccccc3c2)n1. The van der Waals surface area contributed by atoms with Crippen molar-refractivity contribution in [3.05, 3.63) is 53.1 Å². The Bertz CT molecular complexity index is 746. The fraction of sp³-hybridized carbons (Fsp3) is 0. The Morgan fingerprint density at radius 1 is 1.05 bits per heavy atom. The first-order valence-electron chi connectivity index (χ1n) is 5.67. The summed E-state index contributed by atoms with van der Waals surface area (Å²) in [5, 5.41) is 2.27. The van der Waals surface area contributed by atoms with E-state index in [0.29, 0.717) is 16.1 Å². The molecule has 0 saturated heterocycles. The van der Waals surface area contributed by atoms with E-state index in [1.807, 2.05) is 36.4 Å². The van der Waals surface area contributed by atoms with Crippen LogP contribution in [-0.2, 0) is 0 Å². The molecule has 0 amide bonds. The third kappa shape index (κ3) is 2.51. The van der Waals surface area contributed by atoms with Crippen LogP contribution in [0.5, 0.6) is 11.6 Å². The van der Waals surface area contributed by atoms with Crippen LogP contribution in [0.4, 0.5) is 5.95 Å². The third-order valence-corrected chi connectivity index (χ3v) is 3.21. The first-order chi connectivity index (χ1) is 9.22. The molecule has 1 aromatic heterocycles. The number of ether oxygens (including phenoxy) is 1. The molecule has 0 aliphatic heterocycles. The number of aromatic nitrogens is 2. The van der Waals surface area contributed by atoms with Gasteiger partial charge in [0.05, 0.1) is 10.7 Å². The second kappa shape index (κ2) is 4.85. The molecule has 5 heteroatoms. The molecule has 0 unspecified atom stereocenters. The Morgan fingerprint density at radius 3 is 2.68 bits per heavy atom. The molecule has 0 aliphatic rings. The molecule has 0 fully saturated rings. The molecule has 2 N–H and O–H groups in total. The van der Waals surface area contributed by atoms with Gasteiger partial charge in [0, 0.05) is 0 Å². The van der Waals surface area contributed by atoms with Crippen LogP contribution in [0.1, 0.15) is 0 Å². The number of halogens is 1. The zero-order chi connectivity index (χ0) is 13.2. The first kappa shape index (κ1) is 11.9. The van der Waals surface area contributed by atoms with Gasteiger partial charge in [-0.15, -0.1) is 0 Å². The molecule has 1 heterocycles. The normalized spacial score (nSPS) is 10.6. The van der Waals surface area contributed by atoms with E-state index in [1.54, 1.807) is 6.20 Å². The van der Waals surface area contributed by atoms with E-state index >= 15 is 0 Å². The molecule has 0 atom stereocenters. The molecule has 3 rings (SSSR count). The fourth-order valence-electron chi connectivity index (χ4n) is 1.78. The van der Waals surface area contributed by atoms with Crippen molar-refractivity contribution in [2.75, 3.05) is 5.73 Å². The Kier molecular flexibility index (Phi) is 3.05. The highest BCUT2D eigenvalue weighted by Gasteiger charge is 2.06. The van der Waals surface area contributed by atoms with Gasteiger partial charge in [-0.2, -0.15) is 4.98 Å². The van der Waals surface area contributed by atoms with Crippen molar-refractivity contribution in [2.45, 2.75) is 0 Å². The minimum absolute atomic E-state index is 0.180. The Labute approximate surface area is 118 Å². The van der Waals surface area contributed by atoms with E-state index in [9.17, 15) is 0 Å². The lowest BCUT2D eigenvalue weighted by Gasteiger charge is -2.07. The molecule has 0 radical (unpaired) electrons. The van der Waals surface area contributed by atoms with Gasteiger partial charge in [-0.25, -0.2) is 4.98 Å². The van der Waals surface area contributed by atoms with E-state index in [-0.39, 0.29) is 5.95 Å². The van der Waals surface area contributed by atoms with Crippen LogP contribution in [-0.4, -0.2) is 9.97 Å². The summed E-state index contributed by atoms with van der Waals surface area (Å²) in [6.07, 6.45) is 1.57. The molecule has 3 aromatic rings. The van der Waals surface area contributed by atoms with Crippen LogP contribution >= 0.6 is 15.9 Å². The highest BCUT2D eigenvalue weighted by Crippen LogP contribution is 2.29. The van der Waals surface area contributed by atoms with Crippen molar-refractivity contribution < 1.29 is 4.74 Å². The van der Waals surface area contributed by atoms with Gasteiger partial charge in [-0.3, -0.25) is 0 Å². The van der Waals surface area contributed by atoms with Gasteiger partial charge in [0.15, 0.2) is 0 Å². The predicted octanol–water partition coefficient (Wildman–Crippen LogP) is 3.77. The van der Waals surface area contributed by atoms with Crippen LogP contribution in [0.2, 0.25) is 0 Å². The summed E-state index contributed by atoms with van der Waals surface area (Å²) in [6, 6.07) is 13.9. The van der Waals surface area contributed by atoms with Gasteiger partial charge in [0.1, 0.15) is 5.75 Å². The number of nitrogens with two attached hydrogens (primary N) is 1. The Morgan fingerprint density at radius 2 is 1.84 bits per heavy atom. The molecule has 94 valence electrons. The number of nitrogen functional groups attached to an aromatic ring is 1. The predicted molar refractivity (Wildman–Crippen MR) is 78.2 cm³/mol. The molecular weight excluding hydrogens is 306 g/mol. The van der Waals surface area contributed by atoms with Gasteiger partial charge in [-0.1, -0.05) is 30.3 Å². The molecule has 0 spiro atoms. The van der Waals surface area contributed by atoms with Crippen LogP contribution in [0.25, 0.3) is 10.8 Å². The molecular formula is C14H10BrN3O. The Hall–Kier alpha value is -2.14. The minimum Gasteiger partial charge on any atom is -0.438 e. The fourth-order valence-corrected chi connectivity index (χ4v) is 2.05. The summed E-state index contributed by atoms with van der Waals surface area (Å²) in [5.74, 6) is 1.29. The summed E-state index contributed by atoms with van der Waals surface area (Å²) in [7, 11) is 0. The zero-order valence-electron chi connectivity index (χ0n) is 9.88. The summed E-state index contributed by atoms with van der Waals surface area (Å²) < 4.78 is 6.38. The van der Waals surface area contributed by atoms with Gasteiger partial charge in [0.2, 0.25) is 11.8 Å². The van der Waals surface area contributed by atoms with E-state index in [2.05, 4.69) is 32.0 Å². The van der Waals surface area contributed by atoms with E-state index < -0.39 is 0 Å². The maximum atomic E-state index is 5.72. The van der Waals surface area contributed by atoms with Crippen LogP contribution in [0.3, 0.4) is 0 Å². The number of nitrogens with zero attached hydrogens (tertiary/aromatic N) is 2. The lowest BCUT2D eigenvalue weighted by atomic mass is 10.1. The molecule has 4 nitrogen and oxygen atoms in total. The van der Waals surface area contributed by atoms with Gasteiger partial charge in [0.25, 0.3) is 0 Å². The maximum absolute atomic E-state index is 5.72. The lowest BCUT2D eigenvalue weighted by Crippen LogP contribution is -1.97. The quantitative estimate of drug-likeness (QED) is 0.782. The maximum Gasteiger partial charge on any atom is 0.238 e. The zero-order valence-corrected chi connectivity index (χ0v) is 11.5. The highest BCUT2D eigenvalue weighted by atomic mass is 79.9. The number of benzene rings is 2. The van der Waals surface area contributed by atoms with E-state index in [1.165, 1.54) is 0 Å². The van der Waals surface area contributed by atoms with Gasteiger partial charge in [-0.05, 0) is 38.8 Å². The second-order valence-electron chi connectivity index (χ2n) is 3.99. The smallest absolute Gasteiger partial charge is 0.238 e. The topological polar surface area (TPSA) is 61.0 Å². The molecule has 0 bridgehead atoms. The lowest BCUT2D eigenvalue weighted by molar-refractivity contribution is 0.460. The van der Waals surface area contributed by atoms with Crippen LogP contribution in [0.15, 0.2) is 53.1 Å². The van der Waals surface area contributed by atoms with E-state index in [0.717, 1.165) is 10.8 Å².